The highest BCUT2D eigenvalue weighted by Crippen LogP contribution is 2.17. The summed E-state index contributed by atoms with van der Waals surface area (Å²) in [5.74, 6) is 0.745. The van der Waals surface area contributed by atoms with E-state index in [4.69, 9.17) is 9.47 Å². The zero-order valence-electron chi connectivity index (χ0n) is 14.4. The van der Waals surface area contributed by atoms with Gasteiger partial charge >= 0.3 is 0 Å². The first-order valence-corrected chi connectivity index (χ1v) is 8.48. The van der Waals surface area contributed by atoms with Crippen LogP contribution in [0, 0.1) is 0 Å². The number of amides is 1. The molecule has 0 aliphatic rings. The molecule has 5 nitrogen and oxygen atoms in total. The molecule has 1 amide bonds. The van der Waals surface area contributed by atoms with Crippen LogP contribution < -0.4 is 15.4 Å². The number of carbonyl (C=O) groups is 1. The quantitative estimate of drug-likeness (QED) is 0.548. The van der Waals surface area contributed by atoms with Crippen molar-refractivity contribution in [1.82, 2.24) is 5.32 Å². The molecular formula is C18H30N2O3. The number of benzene rings is 1. The SMILES string of the molecule is CCCCCCOc1cccc(NC(=O)CNCCCOC)c1. The van der Waals surface area contributed by atoms with E-state index in [2.05, 4.69) is 17.6 Å². The Kier molecular flexibility index (Phi) is 10.9. The van der Waals surface area contributed by atoms with Gasteiger partial charge in [-0.1, -0.05) is 32.3 Å². The Hall–Kier alpha value is -1.59. The van der Waals surface area contributed by atoms with Gasteiger partial charge in [-0.25, -0.2) is 0 Å². The molecule has 0 bridgehead atoms. The molecule has 0 radical (unpaired) electrons. The molecule has 0 saturated carbocycles. The van der Waals surface area contributed by atoms with E-state index < -0.39 is 0 Å². The fraction of sp³-hybridized carbons (Fsp3) is 0.611. The third-order valence-electron chi connectivity index (χ3n) is 3.37. The molecule has 0 fully saturated rings. The molecule has 1 rings (SSSR count). The summed E-state index contributed by atoms with van der Waals surface area (Å²) in [6, 6.07) is 7.54. The highest BCUT2D eigenvalue weighted by atomic mass is 16.5. The maximum absolute atomic E-state index is 11.8. The normalized spacial score (nSPS) is 10.5. The minimum atomic E-state index is -0.0532. The Morgan fingerprint density at radius 1 is 1.13 bits per heavy atom. The topological polar surface area (TPSA) is 59.6 Å². The summed E-state index contributed by atoms with van der Waals surface area (Å²) < 4.78 is 10.7. The van der Waals surface area contributed by atoms with E-state index in [0.29, 0.717) is 13.2 Å². The summed E-state index contributed by atoms with van der Waals surface area (Å²) in [6.07, 6.45) is 5.63. The Morgan fingerprint density at radius 3 is 2.78 bits per heavy atom. The molecule has 1 aromatic carbocycles. The van der Waals surface area contributed by atoms with Crippen LogP contribution in [0.5, 0.6) is 5.75 Å². The lowest BCUT2D eigenvalue weighted by molar-refractivity contribution is -0.115. The Labute approximate surface area is 139 Å². The van der Waals surface area contributed by atoms with Crippen LogP contribution in [0.3, 0.4) is 0 Å². The highest BCUT2D eigenvalue weighted by Gasteiger charge is 2.03. The van der Waals surface area contributed by atoms with Gasteiger partial charge in [-0.3, -0.25) is 4.79 Å². The van der Waals surface area contributed by atoms with Gasteiger partial charge in [0.25, 0.3) is 0 Å². The van der Waals surface area contributed by atoms with E-state index >= 15 is 0 Å². The molecule has 0 heterocycles. The minimum absolute atomic E-state index is 0.0532. The maximum atomic E-state index is 11.8. The van der Waals surface area contributed by atoms with E-state index in [9.17, 15) is 4.79 Å². The Balaban J connectivity index is 2.25. The van der Waals surface area contributed by atoms with E-state index in [0.717, 1.165) is 37.4 Å². The van der Waals surface area contributed by atoms with Crippen molar-refractivity contribution < 1.29 is 14.3 Å². The number of hydrogen-bond donors (Lipinski definition) is 2. The molecule has 130 valence electrons. The molecule has 0 unspecified atom stereocenters. The summed E-state index contributed by atoms with van der Waals surface area (Å²) in [4.78, 5) is 11.8. The molecule has 0 aliphatic heterocycles. The third-order valence-corrected chi connectivity index (χ3v) is 3.37. The average Bonchev–Trinajstić information content (AvgIpc) is 2.55. The van der Waals surface area contributed by atoms with E-state index in [1.807, 2.05) is 24.3 Å². The molecule has 23 heavy (non-hydrogen) atoms. The van der Waals surface area contributed by atoms with Crippen molar-refractivity contribution in [2.24, 2.45) is 0 Å². The number of hydrogen-bond acceptors (Lipinski definition) is 4. The number of rotatable bonds is 13. The van der Waals surface area contributed by atoms with Crippen LogP contribution in [0.4, 0.5) is 5.69 Å². The molecule has 0 aromatic heterocycles. The van der Waals surface area contributed by atoms with Crippen molar-refractivity contribution in [2.75, 3.05) is 38.7 Å². The van der Waals surface area contributed by atoms with Crippen LogP contribution in [-0.2, 0) is 9.53 Å². The summed E-state index contributed by atoms with van der Waals surface area (Å²) in [7, 11) is 1.67. The first-order chi connectivity index (χ1) is 11.3. The molecule has 0 saturated heterocycles. The van der Waals surface area contributed by atoms with E-state index in [-0.39, 0.29) is 5.91 Å². The molecule has 0 aliphatic carbocycles. The van der Waals surface area contributed by atoms with E-state index in [1.165, 1.54) is 19.3 Å². The molecule has 0 spiro atoms. The zero-order chi connectivity index (χ0) is 16.8. The lowest BCUT2D eigenvalue weighted by Crippen LogP contribution is -2.29. The summed E-state index contributed by atoms with van der Waals surface area (Å²) in [6.45, 7) is 4.68. The van der Waals surface area contributed by atoms with Crippen LogP contribution in [0.15, 0.2) is 24.3 Å². The Bertz CT molecular complexity index is 438. The summed E-state index contributed by atoms with van der Waals surface area (Å²) >= 11 is 0. The van der Waals surface area contributed by atoms with Crippen molar-refractivity contribution in [3.8, 4) is 5.75 Å². The van der Waals surface area contributed by atoms with Gasteiger partial charge in [0.1, 0.15) is 5.75 Å². The number of unbranched alkanes of at least 4 members (excludes halogenated alkanes) is 3. The fourth-order valence-corrected chi connectivity index (χ4v) is 2.13. The molecule has 0 atom stereocenters. The number of methoxy groups -OCH3 is 1. The van der Waals surface area contributed by atoms with Gasteiger partial charge in [-0.15, -0.1) is 0 Å². The average molecular weight is 322 g/mol. The lowest BCUT2D eigenvalue weighted by atomic mass is 10.2. The second-order valence-corrected chi connectivity index (χ2v) is 5.51. The van der Waals surface area contributed by atoms with E-state index in [1.54, 1.807) is 7.11 Å². The van der Waals surface area contributed by atoms with Crippen LogP contribution in [0.2, 0.25) is 0 Å². The fourth-order valence-electron chi connectivity index (χ4n) is 2.13. The monoisotopic (exact) mass is 322 g/mol. The molecular weight excluding hydrogens is 292 g/mol. The van der Waals surface area contributed by atoms with Gasteiger partial charge in [-0.05, 0) is 31.5 Å². The number of carbonyl (C=O) groups excluding carboxylic acids is 1. The lowest BCUT2D eigenvalue weighted by Gasteiger charge is -2.10. The van der Waals surface area contributed by atoms with Crippen molar-refractivity contribution in [2.45, 2.75) is 39.0 Å². The largest absolute Gasteiger partial charge is 0.494 e. The smallest absolute Gasteiger partial charge is 0.238 e. The maximum Gasteiger partial charge on any atom is 0.238 e. The van der Waals surface area contributed by atoms with Gasteiger partial charge in [0, 0.05) is 25.5 Å². The minimum Gasteiger partial charge on any atom is -0.494 e. The van der Waals surface area contributed by atoms with Crippen molar-refractivity contribution in [3.05, 3.63) is 24.3 Å². The number of nitrogens with one attached hydrogen (secondary N) is 2. The van der Waals surface area contributed by atoms with Gasteiger partial charge in [0.05, 0.1) is 13.2 Å². The summed E-state index contributed by atoms with van der Waals surface area (Å²) in [5.41, 5.74) is 0.764. The van der Waals surface area contributed by atoms with Crippen LogP contribution in [0.25, 0.3) is 0 Å². The van der Waals surface area contributed by atoms with Gasteiger partial charge in [-0.2, -0.15) is 0 Å². The zero-order valence-corrected chi connectivity index (χ0v) is 14.4. The molecule has 2 N–H and O–H groups in total. The molecule has 1 aromatic rings. The highest BCUT2D eigenvalue weighted by molar-refractivity contribution is 5.92. The predicted molar refractivity (Wildman–Crippen MR) is 94.1 cm³/mol. The van der Waals surface area contributed by atoms with Crippen molar-refractivity contribution >= 4 is 11.6 Å². The van der Waals surface area contributed by atoms with Crippen LogP contribution in [0.1, 0.15) is 39.0 Å². The summed E-state index contributed by atoms with van der Waals surface area (Å²) in [5, 5.41) is 5.96. The van der Waals surface area contributed by atoms with Gasteiger partial charge in [0.2, 0.25) is 5.91 Å². The van der Waals surface area contributed by atoms with Crippen molar-refractivity contribution in [3.63, 3.8) is 0 Å². The van der Waals surface area contributed by atoms with Crippen LogP contribution >= 0.6 is 0 Å². The third kappa shape index (κ3) is 9.92. The first kappa shape index (κ1) is 19.5. The number of anilines is 1. The second-order valence-electron chi connectivity index (χ2n) is 5.51. The van der Waals surface area contributed by atoms with Gasteiger partial charge in [0.15, 0.2) is 0 Å². The Morgan fingerprint density at radius 2 is 2.00 bits per heavy atom. The van der Waals surface area contributed by atoms with Gasteiger partial charge < -0.3 is 20.1 Å². The standard InChI is InChI=1S/C18H30N2O3/c1-3-4-5-6-13-23-17-10-7-9-16(14-17)20-18(21)15-19-11-8-12-22-2/h7,9-10,14,19H,3-6,8,11-13,15H2,1-2H3,(H,20,21). The van der Waals surface area contributed by atoms with Crippen LogP contribution in [-0.4, -0.2) is 39.3 Å². The predicted octanol–water partition coefficient (Wildman–Crippen LogP) is 3.21. The second kappa shape index (κ2) is 12.9. The first-order valence-electron chi connectivity index (χ1n) is 8.48. The van der Waals surface area contributed by atoms with Crippen molar-refractivity contribution in [1.29, 1.82) is 0 Å². The number of ether oxygens (including phenoxy) is 2. The molecule has 5 heteroatoms.